The van der Waals surface area contributed by atoms with Crippen LogP contribution in [0.5, 0.6) is 23.0 Å². The number of ketones is 1. The molecule has 0 saturated carbocycles. The van der Waals surface area contributed by atoms with Crippen molar-refractivity contribution in [1.82, 2.24) is 0 Å². The fourth-order valence-electron chi connectivity index (χ4n) is 2.16. The predicted molar refractivity (Wildman–Crippen MR) is 82.0 cm³/mol. The molecule has 2 aromatic rings. The van der Waals surface area contributed by atoms with Gasteiger partial charge in [0.2, 0.25) is 5.75 Å². The van der Waals surface area contributed by atoms with Crippen molar-refractivity contribution in [2.45, 2.75) is 13.5 Å². The third-order valence-electron chi connectivity index (χ3n) is 3.18. The highest BCUT2D eigenvalue weighted by Gasteiger charge is 2.23. The first-order valence-electron chi connectivity index (χ1n) is 6.74. The lowest BCUT2D eigenvalue weighted by atomic mass is 10.1. The number of ether oxygens (including phenoxy) is 3. The van der Waals surface area contributed by atoms with Crippen LogP contribution in [0.4, 0.5) is 0 Å². The maximum Gasteiger partial charge on any atom is 0.204 e. The van der Waals surface area contributed by atoms with E-state index < -0.39 is 0 Å². The van der Waals surface area contributed by atoms with Crippen LogP contribution in [0.1, 0.15) is 22.8 Å². The molecule has 5 nitrogen and oxygen atoms in total. The molecule has 1 N–H and O–H groups in total. The van der Waals surface area contributed by atoms with E-state index in [0.717, 1.165) is 5.56 Å². The molecule has 2 rings (SSSR count). The third kappa shape index (κ3) is 3.14. The highest BCUT2D eigenvalue weighted by molar-refractivity contribution is 6.01. The van der Waals surface area contributed by atoms with Gasteiger partial charge in [0.1, 0.15) is 17.9 Å². The summed E-state index contributed by atoms with van der Waals surface area (Å²) in [6, 6.07) is 10.9. The highest BCUT2D eigenvalue weighted by Crippen LogP contribution is 2.45. The number of Topliss-reactive ketones (excluding diaryl/α,β-unsaturated/α-hetero) is 1. The second-order valence-electron chi connectivity index (χ2n) is 4.67. The summed E-state index contributed by atoms with van der Waals surface area (Å²) in [5.74, 6) is 0.238. The summed E-state index contributed by atoms with van der Waals surface area (Å²) in [6.07, 6.45) is 0. The molecule has 0 radical (unpaired) electrons. The van der Waals surface area contributed by atoms with Gasteiger partial charge in [-0.15, -0.1) is 0 Å². The van der Waals surface area contributed by atoms with E-state index in [4.69, 9.17) is 14.2 Å². The Morgan fingerprint density at radius 1 is 1.09 bits per heavy atom. The highest BCUT2D eigenvalue weighted by atomic mass is 16.5. The van der Waals surface area contributed by atoms with Crippen molar-refractivity contribution in [3.05, 3.63) is 47.5 Å². The van der Waals surface area contributed by atoms with E-state index in [2.05, 4.69) is 0 Å². The molecule has 2 aromatic carbocycles. The van der Waals surface area contributed by atoms with Gasteiger partial charge in [0, 0.05) is 6.07 Å². The first-order valence-corrected chi connectivity index (χ1v) is 6.74. The molecule has 0 spiro atoms. The van der Waals surface area contributed by atoms with E-state index in [1.165, 1.54) is 27.2 Å². The van der Waals surface area contributed by atoms with Crippen LogP contribution in [0, 0.1) is 0 Å². The van der Waals surface area contributed by atoms with Crippen LogP contribution in [0.2, 0.25) is 0 Å². The van der Waals surface area contributed by atoms with Crippen molar-refractivity contribution < 1.29 is 24.1 Å². The molecule has 5 heteroatoms. The number of carbonyl (C=O) groups excluding carboxylic acids is 1. The Kier molecular flexibility index (Phi) is 4.88. The summed E-state index contributed by atoms with van der Waals surface area (Å²) < 4.78 is 16.2. The van der Waals surface area contributed by atoms with Crippen LogP contribution in [-0.2, 0) is 6.61 Å². The lowest BCUT2D eigenvalue weighted by Crippen LogP contribution is -2.05. The second-order valence-corrected chi connectivity index (χ2v) is 4.67. The van der Waals surface area contributed by atoms with E-state index in [1.54, 1.807) is 0 Å². The van der Waals surface area contributed by atoms with E-state index in [0.29, 0.717) is 5.75 Å². The fourth-order valence-corrected chi connectivity index (χ4v) is 2.16. The van der Waals surface area contributed by atoms with E-state index in [-0.39, 0.29) is 35.2 Å². The van der Waals surface area contributed by atoms with Crippen LogP contribution >= 0.6 is 0 Å². The molecule has 116 valence electrons. The monoisotopic (exact) mass is 302 g/mol. The maximum atomic E-state index is 11.7. The third-order valence-corrected chi connectivity index (χ3v) is 3.18. The number of aromatic hydroxyl groups is 1. The van der Waals surface area contributed by atoms with Gasteiger partial charge in [-0.1, -0.05) is 30.3 Å². The molecule has 0 fully saturated rings. The number of benzene rings is 2. The zero-order chi connectivity index (χ0) is 16.1. The number of rotatable bonds is 6. The molecule has 0 aromatic heterocycles. The van der Waals surface area contributed by atoms with E-state index in [9.17, 15) is 9.90 Å². The number of carbonyl (C=O) groups is 1. The molecular formula is C17H18O5. The molecule has 22 heavy (non-hydrogen) atoms. The van der Waals surface area contributed by atoms with Gasteiger partial charge in [-0.25, -0.2) is 0 Å². The van der Waals surface area contributed by atoms with Gasteiger partial charge in [-0.2, -0.15) is 0 Å². The molecule has 0 bridgehead atoms. The van der Waals surface area contributed by atoms with Crippen molar-refractivity contribution in [1.29, 1.82) is 0 Å². The van der Waals surface area contributed by atoms with E-state index >= 15 is 0 Å². The minimum absolute atomic E-state index is 0.0753. The number of phenolic OH excluding ortho intramolecular Hbond substituents is 1. The first kappa shape index (κ1) is 15.7. The summed E-state index contributed by atoms with van der Waals surface area (Å²) in [4.78, 5) is 11.7. The van der Waals surface area contributed by atoms with Crippen LogP contribution in [0.25, 0.3) is 0 Å². The Balaban J connectivity index is 2.43. The number of hydrogen-bond donors (Lipinski definition) is 1. The zero-order valence-electron chi connectivity index (χ0n) is 12.8. The maximum absolute atomic E-state index is 11.7. The summed E-state index contributed by atoms with van der Waals surface area (Å²) in [5.41, 5.74) is 1.04. The number of hydrogen-bond acceptors (Lipinski definition) is 5. The van der Waals surface area contributed by atoms with Gasteiger partial charge in [0.05, 0.1) is 14.2 Å². The van der Waals surface area contributed by atoms with Gasteiger partial charge in [-0.05, 0) is 12.5 Å². The van der Waals surface area contributed by atoms with Crippen LogP contribution in [-0.4, -0.2) is 25.1 Å². The average molecular weight is 302 g/mol. The lowest BCUT2D eigenvalue weighted by Gasteiger charge is -2.17. The standard InChI is InChI=1S/C17H18O5/c1-11(18)15-13(19)9-14(20-2)16(17(15)21-3)22-10-12-7-5-4-6-8-12/h4-9,19H,10H2,1-3H3. The summed E-state index contributed by atoms with van der Waals surface area (Å²) in [7, 11) is 2.87. The largest absolute Gasteiger partial charge is 0.507 e. The molecule has 0 amide bonds. The Bertz CT molecular complexity index is 664. The molecule has 0 aliphatic rings. The van der Waals surface area contributed by atoms with Crippen molar-refractivity contribution in [3.8, 4) is 23.0 Å². The predicted octanol–water partition coefficient (Wildman–Crippen LogP) is 3.19. The molecule has 0 heterocycles. The van der Waals surface area contributed by atoms with Crippen molar-refractivity contribution in [2.24, 2.45) is 0 Å². The summed E-state index contributed by atoms with van der Waals surface area (Å²) in [6.45, 7) is 1.64. The van der Waals surface area contributed by atoms with Gasteiger partial charge in [-0.3, -0.25) is 4.79 Å². The number of methoxy groups -OCH3 is 2. The molecule has 0 aliphatic carbocycles. The van der Waals surface area contributed by atoms with E-state index in [1.807, 2.05) is 30.3 Å². The first-order chi connectivity index (χ1) is 10.6. The van der Waals surface area contributed by atoms with Crippen LogP contribution < -0.4 is 14.2 Å². The minimum Gasteiger partial charge on any atom is -0.507 e. The topological polar surface area (TPSA) is 65.0 Å². The molecule has 0 aliphatic heterocycles. The van der Waals surface area contributed by atoms with Crippen LogP contribution in [0.3, 0.4) is 0 Å². The Labute approximate surface area is 129 Å². The van der Waals surface area contributed by atoms with Gasteiger partial charge >= 0.3 is 0 Å². The number of phenols is 1. The average Bonchev–Trinajstić information content (AvgIpc) is 2.52. The summed E-state index contributed by atoms with van der Waals surface area (Å²) in [5, 5.41) is 9.98. The molecular weight excluding hydrogens is 284 g/mol. The van der Waals surface area contributed by atoms with Crippen molar-refractivity contribution >= 4 is 5.78 Å². The quantitative estimate of drug-likeness (QED) is 0.830. The smallest absolute Gasteiger partial charge is 0.204 e. The second kappa shape index (κ2) is 6.85. The normalized spacial score (nSPS) is 10.1. The summed E-state index contributed by atoms with van der Waals surface area (Å²) >= 11 is 0. The molecule has 0 saturated heterocycles. The Morgan fingerprint density at radius 3 is 2.32 bits per heavy atom. The van der Waals surface area contributed by atoms with Gasteiger partial charge < -0.3 is 19.3 Å². The zero-order valence-corrected chi connectivity index (χ0v) is 12.8. The lowest BCUT2D eigenvalue weighted by molar-refractivity contribution is 0.101. The molecule has 0 unspecified atom stereocenters. The van der Waals surface area contributed by atoms with Gasteiger partial charge in [0.15, 0.2) is 17.3 Å². The minimum atomic E-state index is -0.318. The Hall–Kier alpha value is -2.69. The molecule has 0 atom stereocenters. The van der Waals surface area contributed by atoms with Crippen LogP contribution in [0.15, 0.2) is 36.4 Å². The van der Waals surface area contributed by atoms with Crippen molar-refractivity contribution in [3.63, 3.8) is 0 Å². The van der Waals surface area contributed by atoms with Crippen molar-refractivity contribution in [2.75, 3.05) is 14.2 Å². The van der Waals surface area contributed by atoms with Gasteiger partial charge in [0.25, 0.3) is 0 Å². The fraction of sp³-hybridized carbons (Fsp3) is 0.235. The Morgan fingerprint density at radius 2 is 1.77 bits per heavy atom. The SMILES string of the molecule is COc1cc(O)c(C(C)=O)c(OC)c1OCc1ccccc1.